The third-order valence-electron chi connectivity index (χ3n) is 1.67. The van der Waals surface area contributed by atoms with E-state index >= 15 is 0 Å². The molecule has 0 aromatic carbocycles. The van der Waals surface area contributed by atoms with Crippen molar-refractivity contribution in [3.05, 3.63) is 27.5 Å². The van der Waals surface area contributed by atoms with Crippen LogP contribution in [0.3, 0.4) is 0 Å². The lowest BCUT2D eigenvalue weighted by Crippen LogP contribution is -1.99. The van der Waals surface area contributed by atoms with Gasteiger partial charge >= 0.3 is 0 Å². The summed E-state index contributed by atoms with van der Waals surface area (Å²) < 4.78 is 25.0. The quantitative estimate of drug-likeness (QED) is 0.596. The van der Waals surface area contributed by atoms with E-state index in [1.807, 2.05) is 0 Å². The standard InChI is InChI=1S/C8H6BrF2NO/c1-4-5(8(10)11)2-7(9)12-6(4)3-13/h2-3,8H,1H3. The summed E-state index contributed by atoms with van der Waals surface area (Å²) in [5.41, 5.74) is 0.113. The van der Waals surface area contributed by atoms with Gasteiger partial charge in [0.25, 0.3) is 6.43 Å². The number of carbonyl (C=O) groups is 1. The second-order valence-electron chi connectivity index (χ2n) is 2.46. The van der Waals surface area contributed by atoms with Gasteiger partial charge in [-0.25, -0.2) is 13.8 Å². The van der Waals surface area contributed by atoms with Gasteiger partial charge in [-0.15, -0.1) is 0 Å². The van der Waals surface area contributed by atoms with Gasteiger partial charge in [0, 0.05) is 5.56 Å². The molecule has 0 spiro atoms. The van der Waals surface area contributed by atoms with Crippen LogP contribution in [0.1, 0.15) is 28.0 Å². The molecular weight excluding hydrogens is 244 g/mol. The number of aldehydes is 1. The molecule has 5 heteroatoms. The Balaban J connectivity index is 3.35. The third-order valence-corrected chi connectivity index (χ3v) is 2.07. The van der Waals surface area contributed by atoms with Crippen LogP contribution in [0.25, 0.3) is 0 Å². The number of alkyl halides is 2. The van der Waals surface area contributed by atoms with E-state index in [0.717, 1.165) is 0 Å². The van der Waals surface area contributed by atoms with E-state index in [2.05, 4.69) is 20.9 Å². The Kier molecular flexibility index (Phi) is 3.08. The van der Waals surface area contributed by atoms with Gasteiger partial charge in [0.2, 0.25) is 0 Å². The zero-order valence-corrected chi connectivity index (χ0v) is 8.31. The van der Waals surface area contributed by atoms with Crippen molar-refractivity contribution in [2.45, 2.75) is 13.3 Å². The molecule has 0 unspecified atom stereocenters. The van der Waals surface area contributed by atoms with E-state index < -0.39 is 6.43 Å². The number of rotatable bonds is 2. The van der Waals surface area contributed by atoms with E-state index in [9.17, 15) is 13.6 Å². The van der Waals surface area contributed by atoms with Crippen LogP contribution in [-0.4, -0.2) is 11.3 Å². The molecule has 13 heavy (non-hydrogen) atoms. The average Bonchev–Trinajstić information content (AvgIpc) is 2.08. The summed E-state index contributed by atoms with van der Waals surface area (Å²) in [5, 5.41) is 0. The maximum Gasteiger partial charge on any atom is 0.264 e. The molecule has 1 aromatic rings. The predicted molar refractivity (Wildman–Crippen MR) is 47.0 cm³/mol. The first-order valence-corrected chi connectivity index (χ1v) is 4.26. The zero-order valence-electron chi connectivity index (χ0n) is 6.72. The molecule has 0 N–H and O–H groups in total. The first-order valence-electron chi connectivity index (χ1n) is 3.46. The molecule has 0 aliphatic carbocycles. The van der Waals surface area contributed by atoms with Gasteiger partial charge in [-0.3, -0.25) is 4.79 Å². The van der Waals surface area contributed by atoms with Crippen molar-refractivity contribution in [3.63, 3.8) is 0 Å². The molecule has 0 fully saturated rings. The topological polar surface area (TPSA) is 30.0 Å². The Morgan fingerprint density at radius 1 is 1.62 bits per heavy atom. The molecule has 0 aliphatic rings. The van der Waals surface area contributed by atoms with E-state index in [0.29, 0.717) is 6.29 Å². The molecule has 70 valence electrons. The van der Waals surface area contributed by atoms with Gasteiger partial charge in [-0.1, -0.05) is 0 Å². The normalized spacial score (nSPS) is 10.5. The summed E-state index contributed by atoms with van der Waals surface area (Å²) >= 11 is 2.95. The van der Waals surface area contributed by atoms with Gasteiger partial charge in [0.15, 0.2) is 6.29 Å². The van der Waals surface area contributed by atoms with Gasteiger partial charge in [-0.05, 0) is 34.5 Å². The number of pyridine rings is 1. The van der Waals surface area contributed by atoms with Gasteiger partial charge in [0.05, 0.1) is 0 Å². The number of carbonyl (C=O) groups excluding carboxylic acids is 1. The van der Waals surface area contributed by atoms with Crippen LogP contribution in [0.15, 0.2) is 10.7 Å². The fourth-order valence-corrected chi connectivity index (χ4v) is 1.39. The van der Waals surface area contributed by atoms with Crippen molar-refractivity contribution in [2.75, 3.05) is 0 Å². The van der Waals surface area contributed by atoms with Crippen LogP contribution in [0.2, 0.25) is 0 Å². The van der Waals surface area contributed by atoms with Crippen molar-refractivity contribution in [2.24, 2.45) is 0 Å². The first kappa shape index (κ1) is 10.2. The molecule has 0 radical (unpaired) electrons. The molecule has 1 heterocycles. The Morgan fingerprint density at radius 2 is 2.23 bits per heavy atom. The summed E-state index contributed by atoms with van der Waals surface area (Å²) in [6.07, 6.45) is -2.12. The van der Waals surface area contributed by atoms with Crippen LogP contribution in [0.4, 0.5) is 8.78 Å². The molecule has 1 aromatic heterocycles. The molecular formula is C8H6BrF2NO. The van der Waals surface area contributed by atoms with Crippen LogP contribution < -0.4 is 0 Å². The van der Waals surface area contributed by atoms with E-state index in [4.69, 9.17) is 0 Å². The lowest BCUT2D eigenvalue weighted by atomic mass is 10.1. The number of nitrogens with zero attached hydrogens (tertiary/aromatic N) is 1. The van der Waals surface area contributed by atoms with Crippen LogP contribution >= 0.6 is 15.9 Å². The smallest absolute Gasteiger partial charge is 0.264 e. The number of hydrogen-bond donors (Lipinski definition) is 0. The fourth-order valence-electron chi connectivity index (χ4n) is 0.957. The second-order valence-corrected chi connectivity index (χ2v) is 3.28. The summed E-state index contributed by atoms with van der Waals surface area (Å²) in [5.74, 6) is 0. The van der Waals surface area contributed by atoms with E-state index in [-0.39, 0.29) is 21.4 Å². The number of halogens is 3. The summed E-state index contributed by atoms with van der Waals surface area (Å²) in [4.78, 5) is 14.2. The monoisotopic (exact) mass is 249 g/mol. The second kappa shape index (κ2) is 3.91. The highest BCUT2D eigenvalue weighted by atomic mass is 79.9. The van der Waals surface area contributed by atoms with Crippen molar-refractivity contribution in [3.8, 4) is 0 Å². The number of hydrogen-bond acceptors (Lipinski definition) is 2. The van der Waals surface area contributed by atoms with Crippen molar-refractivity contribution in [1.82, 2.24) is 4.98 Å². The molecule has 0 saturated carbocycles. The summed E-state index contributed by atoms with van der Waals surface area (Å²) in [6, 6.07) is 1.22. The maximum atomic E-state index is 12.4. The Labute approximate surface area is 82.1 Å². The molecule has 0 saturated heterocycles. The van der Waals surface area contributed by atoms with E-state index in [1.165, 1.54) is 13.0 Å². The van der Waals surface area contributed by atoms with Gasteiger partial charge in [0.1, 0.15) is 10.3 Å². The minimum absolute atomic E-state index is 0.0460. The zero-order chi connectivity index (χ0) is 10.0. The highest BCUT2D eigenvalue weighted by molar-refractivity contribution is 9.10. The molecule has 2 nitrogen and oxygen atoms in total. The van der Waals surface area contributed by atoms with Crippen LogP contribution in [-0.2, 0) is 0 Å². The Morgan fingerprint density at radius 3 is 2.69 bits per heavy atom. The van der Waals surface area contributed by atoms with Gasteiger partial charge in [-0.2, -0.15) is 0 Å². The van der Waals surface area contributed by atoms with E-state index in [1.54, 1.807) is 0 Å². The Hall–Kier alpha value is -0.840. The summed E-state index contributed by atoms with van der Waals surface area (Å²) in [6.45, 7) is 1.45. The molecule has 1 rings (SSSR count). The predicted octanol–water partition coefficient (Wildman–Crippen LogP) is 2.90. The third kappa shape index (κ3) is 2.09. The van der Waals surface area contributed by atoms with Gasteiger partial charge < -0.3 is 0 Å². The van der Waals surface area contributed by atoms with Crippen molar-refractivity contribution >= 4 is 22.2 Å². The molecule has 0 atom stereocenters. The molecule has 0 bridgehead atoms. The number of aromatic nitrogens is 1. The average molecular weight is 250 g/mol. The van der Waals surface area contributed by atoms with Crippen molar-refractivity contribution in [1.29, 1.82) is 0 Å². The fraction of sp³-hybridized carbons (Fsp3) is 0.250. The Bertz CT molecular complexity index is 341. The summed E-state index contributed by atoms with van der Waals surface area (Å²) in [7, 11) is 0. The highest BCUT2D eigenvalue weighted by Crippen LogP contribution is 2.25. The maximum absolute atomic E-state index is 12.4. The molecule has 0 aliphatic heterocycles. The lowest BCUT2D eigenvalue weighted by molar-refractivity contribution is 0.111. The molecule has 0 amide bonds. The van der Waals surface area contributed by atoms with Crippen LogP contribution in [0.5, 0.6) is 0 Å². The lowest BCUT2D eigenvalue weighted by Gasteiger charge is -2.06. The SMILES string of the molecule is Cc1c(C(F)F)cc(Br)nc1C=O. The largest absolute Gasteiger partial charge is 0.296 e. The minimum atomic E-state index is -2.59. The van der Waals surface area contributed by atoms with Crippen LogP contribution in [0, 0.1) is 6.92 Å². The minimum Gasteiger partial charge on any atom is -0.296 e. The first-order chi connectivity index (χ1) is 6.06. The van der Waals surface area contributed by atoms with Crippen molar-refractivity contribution < 1.29 is 13.6 Å². The highest BCUT2D eigenvalue weighted by Gasteiger charge is 2.14.